The number of carbonyl (C=O) groups is 1. The molecule has 3 aromatic rings. The Morgan fingerprint density at radius 3 is 2.57 bits per heavy atom. The summed E-state index contributed by atoms with van der Waals surface area (Å²) in [6.07, 6.45) is 0.291. The highest BCUT2D eigenvalue weighted by Crippen LogP contribution is 2.35. The van der Waals surface area contributed by atoms with Crippen molar-refractivity contribution in [2.24, 2.45) is 0 Å². The first-order valence-corrected chi connectivity index (χ1v) is 9.61. The van der Waals surface area contributed by atoms with Gasteiger partial charge in [0.15, 0.2) is 11.5 Å². The second-order valence-electron chi connectivity index (χ2n) is 7.20. The van der Waals surface area contributed by atoms with Crippen LogP contribution in [0.1, 0.15) is 36.8 Å². The number of aromatic nitrogens is 2. The van der Waals surface area contributed by atoms with Crippen molar-refractivity contribution in [1.82, 2.24) is 15.0 Å². The van der Waals surface area contributed by atoms with Crippen LogP contribution in [0.3, 0.4) is 0 Å². The fourth-order valence-corrected chi connectivity index (χ4v) is 3.69. The zero-order valence-corrected chi connectivity index (χ0v) is 17.0. The maximum Gasteiger partial charge on any atom is 0.232 e. The van der Waals surface area contributed by atoms with Crippen LogP contribution in [0.2, 0.25) is 0 Å². The molecule has 0 bridgehead atoms. The van der Waals surface area contributed by atoms with E-state index < -0.39 is 0 Å². The number of nitrogens with zero attached hydrogens (tertiary/aromatic N) is 3. The highest BCUT2D eigenvalue weighted by molar-refractivity contribution is 5.80. The Morgan fingerprint density at radius 1 is 1.13 bits per heavy atom. The van der Waals surface area contributed by atoms with Crippen molar-refractivity contribution in [3.05, 3.63) is 59.7 Å². The van der Waals surface area contributed by atoms with Gasteiger partial charge in [0.25, 0.3) is 0 Å². The lowest BCUT2D eigenvalue weighted by Gasteiger charge is -2.25. The van der Waals surface area contributed by atoms with Crippen LogP contribution in [-0.2, 0) is 4.79 Å². The zero-order valence-electron chi connectivity index (χ0n) is 17.0. The molecule has 2 heterocycles. The highest BCUT2D eigenvalue weighted by Gasteiger charge is 2.37. The molecule has 1 aromatic heterocycles. The number of carbonyl (C=O) groups excluding carboxylic acids is 1. The number of ether oxygens (including phenoxy) is 2. The van der Waals surface area contributed by atoms with E-state index in [-0.39, 0.29) is 23.7 Å². The number of amides is 1. The van der Waals surface area contributed by atoms with Crippen molar-refractivity contribution in [3.63, 3.8) is 0 Å². The van der Waals surface area contributed by atoms with Crippen molar-refractivity contribution in [2.45, 2.75) is 25.3 Å². The average molecular weight is 411 g/mol. The summed E-state index contributed by atoms with van der Waals surface area (Å²) in [6.45, 7) is 2.39. The Hall–Kier alpha value is -3.42. The van der Waals surface area contributed by atoms with Gasteiger partial charge in [-0.1, -0.05) is 17.3 Å². The fourth-order valence-electron chi connectivity index (χ4n) is 3.69. The number of benzene rings is 2. The SMILES string of the molecule is COc1ccc(-c2noc(C3CC(=O)N(C(C)c4ccc(F)cc4)C3)n2)cc1OC. The van der Waals surface area contributed by atoms with Crippen molar-refractivity contribution in [3.8, 4) is 22.9 Å². The van der Waals surface area contributed by atoms with Crippen LogP contribution >= 0.6 is 0 Å². The van der Waals surface area contributed by atoms with Crippen molar-refractivity contribution < 1.29 is 23.2 Å². The molecule has 1 fully saturated rings. The first-order chi connectivity index (χ1) is 14.5. The highest BCUT2D eigenvalue weighted by atomic mass is 19.1. The smallest absolute Gasteiger partial charge is 0.232 e. The van der Waals surface area contributed by atoms with E-state index in [4.69, 9.17) is 14.0 Å². The first kappa shape index (κ1) is 19.9. The molecule has 1 amide bonds. The van der Waals surface area contributed by atoms with E-state index in [1.165, 1.54) is 12.1 Å². The van der Waals surface area contributed by atoms with Gasteiger partial charge in [-0.3, -0.25) is 4.79 Å². The lowest BCUT2D eigenvalue weighted by atomic mass is 10.1. The molecular weight excluding hydrogens is 389 g/mol. The third kappa shape index (κ3) is 3.72. The number of rotatable bonds is 6. The first-order valence-electron chi connectivity index (χ1n) is 9.61. The Morgan fingerprint density at radius 2 is 1.87 bits per heavy atom. The molecule has 1 aliphatic rings. The van der Waals surface area contributed by atoms with E-state index >= 15 is 0 Å². The second kappa shape index (κ2) is 8.14. The van der Waals surface area contributed by atoms with Gasteiger partial charge in [-0.25, -0.2) is 4.39 Å². The van der Waals surface area contributed by atoms with Gasteiger partial charge in [-0.2, -0.15) is 4.98 Å². The molecule has 0 aliphatic carbocycles. The van der Waals surface area contributed by atoms with Crippen LogP contribution in [-0.4, -0.2) is 41.7 Å². The summed E-state index contributed by atoms with van der Waals surface area (Å²) in [5.74, 6) is 1.52. The Balaban J connectivity index is 1.52. The predicted molar refractivity (Wildman–Crippen MR) is 107 cm³/mol. The summed E-state index contributed by atoms with van der Waals surface area (Å²) >= 11 is 0. The second-order valence-corrected chi connectivity index (χ2v) is 7.20. The topological polar surface area (TPSA) is 77.7 Å². The molecule has 0 saturated carbocycles. The molecule has 1 saturated heterocycles. The summed E-state index contributed by atoms with van der Waals surface area (Å²) in [5.41, 5.74) is 1.60. The van der Waals surface area contributed by atoms with Gasteiger partial charge in [-0.05, 0) is 42.8 Å². The summed E-state index contributed by atoms with van der Waals surface area (Å²) in [5, 5.41) is 4.07. The van der Waals surface area contributed by atoms with Gasteiger partial charge in [0.2, 0.25) is 17.6 Å². The quantitative estimate of drug-likeness (QED) is 0.611. The van der Waals surface area contributed by atoms with Gasteiger partial charge in [0, 0.05) is 18.5 Å². The third-order valence-electron chi connectivity index (χ3n) is 5.41. The van der Waals surface area contributed by atoms with Crippen LogP contribution in [0.15, 0.2) is 47.0 Å². The summed E-state index contributed by atoms with van der Waals surface area (Å²) in [4.78, 5) is 18.9. The van der Waals surface area contributed by atoms with Crippen molar-refractivity contribution >= 4 is 5.91 Å². The molecule has 156 valence electrons. The molecule has 4 rings (SSSR count). The van der Waals surface area contributed by atoms with Gasteiger partial charge in [-0.15, -0.1) is 0 Å². The molecule has 0 spiro atoms. The maximum atomic E-state index is 13.2. The van der Waals surface area contributed by atoms with Gasteiger partial charge >= 0.3 is 0 Å². The minimum atomic E-state index is -0.301. The fraction of sp³-hybridized carbons (Fsp3) is 0.318. The van der Waals surface area contributed by atoms with E-state index in [2.05, 4.69) is 10.1 Å². The van der Waals surface area contributed by atoms with Gasteiger partial charge < -0.3 is 18.9 Å². The molecule has 0 radical (unpaired) electrons. The molecule has 30 heavy (non-hydrogen) atoms. The Kier molecular flexibility index (Phi) is 5.39. The Bertz CT molecular complexity index is 1050. The summed E-state index contributed by atoms with van der Waals surface area (Å²) < 4.78 is 29.2. The van der Waals surface area contributed by atoms with Gasteiger partial charge in [0.05, 0.1) is 26.2 Å². The number of methoxy groups -OCH3 is 2. The lowest BCUT2D eigenvalue weighted by Crippen LogP contribution is -2.28. The number of halogens is 1. The average Bonchev–Trinajstić information content (AvgIpc) is 3.40. The predicted octanol–water partition coefficient (Wildman–Crippen LogP) is 3.97. The molecule has 2 unspecified atom stereocenters. The van der Waals surface area contributed by atoms with Crippen LogP contribution < -0.4 is 9.47 Å². The summed E-state index contributed by atoms with van der Waals surface area (Å²) in [7, 11) is 3.13. The molecular formula is C22H22FN3O4. The monoisotopic (exact) mass is 411 g/mol. The van der Waals surface area contributed by atoms with Crippen LogP contribution in [0.4, 0.5) is 4.39 Å². The molecule has 1 aliphatic heterocycles. The minimum absolute atomic E-state index is 0.00249. The van der Waals surface area contributed by atoms with Crippen LogP contribution in [0, 0.1) is 5.82 Å². The number of hydrogen-bond donors (Lipinski definition) is 0. The van der Waals surface area contributed by atoms with E-state index in [1.54, 1.807) is 43.4 Å². The third-order valence-corrected chi connectivity index (χ3v) is 5.41. The number of likely N-dealkylation sites (tertiary alicyclic amines) is 1. The molecule has 8 heteroatoms. The Labute approximate surface area is 173 Å². The summed E-state index contributed by atoms with van der Waals surface area (Å²) in [6, 6.07) is 11.4. The molecule has 7 nitrogen and oxygen atoms in total. The van der Waals surface area contributed by atoms with E-state index in [0.717, 1.165) is 11.1 Å². The minimum Gasteiger partial charge on any atom is -0.493 e. The zero-order chi connectivity index (χ0) is 21.3. The van der Waals surface area contributed by atoms with E-state index in [9.17, 15) is 9.18 Å². The molecule has 2 atom stereocenters. The van der Waals surface area contributed by atoms with Crippen LogP contribution in [0.5, 0.6) is 11.5 Å². The maximum absolute atomic E-state index is 13.2. The molecule has 0 N–H and O–H groups in total. The lowest BCUT2D eigenvalue weighted by molar-refractivity contribution is -0.129. The van der Waals surface area contributed by atoms with Crippen molar-refractivity contribution in [2.75, 3.05) is 20.8 Å². The number of hydrogen-bond acceptors (Lipinski definition) is 6. The normalized spacial score (nSPS) is 17.3. The van der Waals surface area contributed by atoms with Crippen LogP contribution in [0.25, 0.3) is 11.4 Å². The van der Waals surface area contributed by atoms with E-state index in [1.807, 2.05) is 13.0 Å². The molecule has 2 aromatic carbocycles. The standard InChI is InChI=1S/C22H22FN3O4/c1-13(14-4-7-17(23)8-5-14)26-12-16(11-20(26)27)22-24-21(25-30-22)15-6-9-18(28-2)19(10-15)29-3/h4-10,13,16H,11-12H2,1-3H3. The largest absolute Gasteiger partial charge is 0.493 e. The van der Waals surface area contributed by atoms with E-state index in [0.29, 0.717) is 36.2 Å². The van der Waals surface area contributed by atoms with Gasteiger partial charge in [0.1, 0.15) is 5.82 Å². The van der Waals surface area contributed by atoms with Crippen molar-refractivity contribution in [1.29, 1.82) is 0 Å².